The van der Waals surface area contributed by atoms with Gasteiger partial charge in [-0.2, -0.15) is 0 Å². The fourth-order valence-corrected chi connectivity index (χ4v) is 3.05. The van der Waals surface area contributed by atoms with Crippen LogP contribution in [0.2, 0.25) is 0 Å². The van der Waals surface area contributed by atoms with Crippen LogP contribution in [0.4, 0.5) is 0 Å². The summed E-state index contributed by atoms with van der Waals surface area (Å²) in [6.45, 7) is 2.23. The molecule has 0 bridgehead atoms. The van der Waals surface area contributed by atoms with Gasteiger partial charge in [0, 0.05) is 25.2 Å². The lowest BCUT2D eigenvalue weighted by Gasteiger charge is -2.37. The van der Waals surface area contributed by atoms with Crippen molar-refractivity contribution in [3.8, 4) is 0 Å². The Bertz CT molecular complexity index is 478. The fourth-order valence-electron chi connectivity index (χ4n) is 2.64. The molecule has 1 heterocycles. The number of carbonyl (C=O) groups excluding carboxylic acids is 1. The van der Waals surface area contributed by atoms with Crippen molar-refractivity contribution in [2.24, 2.45) is 0 Å². The molecular weight excluding hydrogens is 356 g/mol. The molecule has 1 aliphatic rings. The van der Waals surface area contributed by atoms with Gasteiger partial charge in [-0.3, -0.25) is 4.79 Å². The highest BCUT2D eigenvalue weighted by Gasteiger charge is 2.41. The SMILES string of the molecule is COC1(C(=O)N(C)Cc2ccccc2Br)CCNCC1.Cl. The zero-order chi connectivity index (χ0) is 14.6. The average Bonchev–Trinajstić information content (AvgIpc) is 2.49. The minimum Gasteiger partial charge on any atom is -0.368 e. The van der Waals surface area contributed by atoms with E-state index in [0.29, 0.717) is 6.54 Å². The number of halogens is 2. The molecule has 6 heteroatoms. The second-order valence-electron chi connectivity index (χ2n) is 5.20. The van der Waals surface area contributed by atoms with Crippen molar-refractivity contribution in [3.63, 3.8) is 0 Å². The molecule has 1 fully saturated rings. The molecule has 21 heavy (non-hydrogen) atoms. The molecule has 1 N–H and O–H groups in total. The van der Waals surface area contributed by atoms with Gasteiger partial charge in [-0.1, -0.05) is 34.1 Å². The Hall–Kier alpha value is -0.620. The number of benzene rings is 1. The number of ether oxygens (including phenoxy) is 1. The number of nitrogens with zero attached hydrogens (tertiary/aromatic N) is 1. The third-order valence-corrected chi connectivity index (χ3v) is 4.68. The molecule has 1 saturated heterocycles. The Labute approximate surface area is 140 Å². The van der Waals surface area contributed by atoms with Gasteiger partial charge in [0.15, 0.2) is 0 Å². The van der Waals surface area contributed by atoms with Crippen LogP contribution in [0.1, 0.15) is 18.4 Å². The summed E-state index contributed by atoms with van der Waals surface area (Å²) in [6.07, 6.45) is 1.45. The first kappa shape index (κ1) is 18.4. The van der Waals surface area contributed by atoms with Gasteiger partial charge in [-0.05, 0) is 37.6 Å². The van der Waals surface area contributed by atoms with Crippen molar-refractivity contribution in [3.05, 3.63) is 34.3 Å². The van der Waals surface area contributed by atoms with Crippen LogP contribution in [0.15, 0.2) is 28.7 Å². The van der Waals surface area contributed by atoms with Crippen molar-refractivity contribution >= 4 is 34.2 Å². The highest BCUT2D eigenvalue weighted by atomic mass is 79.9. The predicted octanol–water partition coefficient (Wildman–Crippen LogP) is 2.60. The lowest BCUT2D eigenvalue weighted by molar-refractivity contribution is -0.157. The maximum Gasteiger partial charge on any atom is 0.254 e. The number of nitrogens with one attached hydrogen (secondary N) is 1. The third-order valence-electron chi connectivity index (χ3n) is 3.90. The number of methoxy groups -OCH3 is 1. The van der Waals surface area contributed by atoms with Crippen molar-refractivity contribution in [2.45, 2.75) is 25.0 Å². The predicted molar refractivity (Wildman–Crippen MR) is 89.7 cm³/mol. The average molecular weight is 378 g/mol. The van der Waals surface area contributed by atoms with Crippen LogP contribution in [0.25, 0.3) is 0 Å². The van der Waals surface area contributed by atoms with E-state index in [9.17, 15) is 4.79 Å². The molecule has 0 unspecified atom stereocenters. The van der Waals surface area contributed by atoms with E-state index in [4.69, 9.17) is 4.74 Å². The van der Waals surface area contributed by atoms with Gasteiger partial charge in [-0.25, -0.2) is 0 Å². The molecule has 1 aromatic rings. The van der Waals surface area contributed by atoms with Gasteiger partial charge in [-0.15, -0.1) is 12.4 Å². The lowest BCUT2D eigenvalue weighted by atomic mass is 9.90. The Kier molecular flexibility index (Phi) is 7.13. The molecule has 0 spiro atoms. The first-order valence-corrected chi connectivity index (χ1v) is 7.63. The highest BCUT2D eigenvalue weighted by molar-refractivity contribution is 9.10. The summed E-state index contributed by atoms with van der Waals surface area (Å²) in [6, 6.07) is 7.97. The normalized spacial score (nSPS) is 16.9. The third kappa shape index (κ3) is 4.19. The Balaban J connectivity index is 0.00000220. The van der Waals surface area contributed by atoms with Crippen LogP contribution in [-0.2, 0) is 16.1 Å². The van der Waals surface area contributed by atoms with Crippen molar-refractivity contribution in [1.29, 1.82) is 0 Å². The van der Waals surface area contributed by atoms with Crippen molar-refractivity contribution in [2.75, 3.05) is 27.2 Å². The summed E-state index contributed by atoms with van der Waals surface area (Å²) < 4.78 is 6.61. The first-order valence-electron chi connectivity index (χ1n) is 6.84. The summed E-state index contributed by atoms with van der Waals surface area (Å²) >= 11 is 3.52. The van der Waals surface area contributed by atoms with Crippen LogP contribution >= 0.6 is 28.3 Å². The fraction of sp³-hybridized carbons (Fsp3) is 0.533. The topological polar surface area (TPSA) is 41.6 Å². The van der Waals surface area contributed by atoms with Gasteiger partial charge in [0.25, 0.3) is 5.91 Å². The molecule has 4 nitrogen and oxygen atoms in total. The van der Waals surface area contributed by atoms with Crippen LogP contribution in [0.5, 0.6) is 0 Å². The Morgan fingerprint density at radius 2 is 2.00 bits per heavy atom. The monoisotopic (exact) mass is 376 g/mol. The largest absolute Gasteiger partial charge is 0.368 e. The molecule has 118 valence electrons. The zero-order valence-corrected chi connectivity index (χ0v) is 14.8. The van der Waals surface area contributed by atoms with Crippen LogP contribution in [0.3, 0.4) is 0 Å². The number of piperidine rings is 1. The van der Waals surface area contributed by atoms with E-state index in [-0.39, 0.29) is 18.3 Å². The van der Waals surface area contributed by atoms with Crippen molar-refractivity contribution < 1.29 is 9.53 Å². The summed E-state index contributed by atoms with van der Waals surface area (Å²) in [5.74, 6) is 0.0669. The number of likely N-dealkylation sites (N-methyl/N-ethyl adjacent to an activating group) is 1. The van der Waals surface area contributed by atoms with E-state index in [1.807, 2.05) is 31.3 Å². The van der Waals surface area contributed by atoms with Gasteiger partial charge < -0.3 is 15.0 Å². The number of rotatable bonds is 4. The van der Waals surface area contributed by atoms with E-state index in [1.54, 1.807) is 12.0 Å². The molecule has 0 saturated carbocycles. The molecule has 0 aliphatic carbocycles. The van der Waals surface area contributed by atoms with Crippen LogP contribution in [-0.4, -0.2) is 43.7 Å². The molecule has 1 aliphatic heterocycles. The molecule has 1 amide bonds. The van der Waals surface area contributed by atoms with Crippen LogP contribution in [0, 0.1) is 0 Å². The summed E-state index contributed by atoms with van der Waals surface area (Å²) in [4.78, 5) is 14.5. The van der Waals surface area contributed by atoms with E-state index >= 15 is 0 Å². The summed E-state index contributed by atoms with van der Waals surface area (Å²) in [7, 11) is 3.47. The van der Waals surface area contributed by atoms with Gasteiger partial charge in [0.1, 0.15) is 5.60 Å². The van der Waals surface area contributed by atoms with E-state index in [1.165, 1.54) is 0 Å². The Morgan fingerprint density at radius 3 is 2.57 bits per heavy atom. The van der Waals surface area contributed by atoms with E-state index < -0.39 is 5.60 Å². The molecule has 0 radical (unpaired) electrons. The molecular formula is C15H22BrClN2O2. The Morgan fingerprint density at radius 1 is 1.38 bits per heavy atom. The van der Waals surface area contributed by atoms with Crippen LogP contribution < -0.4 is 5.32 Å². The lowest BCUT2D eigenvalue weighted by Crippen LogP contribution is -2.54. The number of carbonyl (C=O) groups is 1. The van der Waals surface area contributed by atoms with Gasteiger partial charge in [0.2, 0.25) is 0 Å². The smallest absolute Gasteiger partial charge is 0.254 e. The summed E-state index contributed by atoms with van der Waals surface area (Å²) in [5, 5.41) is 3.27. The number of hydrogen-bond acceptors (Lipinski definition) is 3. The number of hydrogen-bond donors (Lipinski definition) is 1. The van der Waals surface area contributed by atoms with Gasteiger partial charge >= 0.3 is 0 Å². The van der Waals surface area contributed by atoms with Crippen molar-refractivity contribution in [1.82, 2.24) is 10.2 Å². The maximum atomic E-state index is 12.7. The highest BCUT2D eigenvalue weighted by Crippen LogP contribution is 2.26. The maximum absolute atomic E-state index is 12.7. The second-order valence-corrected chi connectivity index (χ2v) is 6.06. The minimum atomic E-state index is -0.665. The van der Waals surface area contributed by atoms with Gasteiger partial charge in [0.05, 0.1) is 0 Å². The second kappa shape index (κ2) is 8.13. The zero-order valence-electron chi connectivity index (χ0n) is 12.4. The van der Waals surface area contributed by atoms with E-state index in [0.717, 1.165) is 36.0 Å². The molecule has 0 aromatic heterocycles. The van der Waals surface area contributed by atoms with E-state index in [2.05, 4.69) is 21.2 Å². The molecule has 0 atom stereocenters. The number of amides is 1. The summed E-state index contributed by atoms with van der Waals surface area (Å²) in [5.41, 5.74) is 0.435. The first-order chi connectivity index (χ1) is 9.59. The molecule has 1 aromatic carbocycles. The standard InChI is InChI=1S/C15H21BrN2O2.ClH/c1-18(11-12-5-3-4-6-13(12)16)14(19)15(20-2)7-9-17-10-8-15;/h3-6,17H,7-11H2,1-2H3;1H. The minimum absolute atomic E-state index is 0. The quantitative estimate of drug-likeness (QED) is 0.877. The molecule has 2 rings (SSSR count).